The van der Waals surface area contributed by atoms with Gasteiger partial charge in [-0.25, -0.2) is 14.8 Å². The minimum absolute atomic E-state index is 0.0299. The van der Waals surface area contributed by atoms with Crippen molar-refractivity contribution in [1.82, 2.24) is 15.4 Å². The Morgan fingerprint density at radius 1 is 1.33 bits per heavy atom. The van der Waals surface area contributed by atoms with Crippen LogP contribution in [0.1, 0.15) is 17.3 Å². The lowest BCUT2D eigenvalue weighted by Crippen LogP contribution is -2.30. The lowest BCUT2D eigenvalue weighted by molar-refractivity contribution is 0.352. The minimum atomic E-state index is -0.606. The third kappa shape index (κ3) is 3.21. The summed E-state index contributed by atoms with van der Waals surface area (Å²) in [7, 11) is 2.92. The molecule has 1 unspecified atom stereocenters. The van der Waals surface area contributed by atoms with Gasteiger partial charge in [-0.05, 0) is 17.7 Å². The van der Waals surface area contributed by atoms with E-state index in [0.29, 0.717) is 17.1 Å². The van der Waals surface area contributed by atoms with E-state index in [1.165, 1.54) is 32.5 Å². The Kier molecular flexibility index (Phi) is 4.89. The van der Waals surface area contributed by atoms with E-state index in [2.05, 4.69) is 15.4 Å². The number of benzene rings is 1. The summed E-state index contributed by atoms with van der Waals surface area (Å²) in [6.45, 7) is 0. The van der Waals surface area contributed by atoms with Gasteiger partial charge >= 0.3 is 0 Å². The average molecular weight is 313 g/mol. The summed E-state index contributed by atoms with van der Waals surface area (Å²) in [5.74, 6) is 5.54. The first-order chi connectivity index (χ1) is 10.1. The number of hydrazine groups is 1. The number of rotatable bonds is 5. The highest BCUT2D eigenvalue weighted by Gasteiger charge is 2.21. The van der Waals surface area contributed by atoms with Crippen LogP contribution in [-0.4, -0.2) is 24.2 Å². The van der Waals surface area contributed by atoms with Crippen molar-refractivity contribution < 1.29 is 13.9 Å². The van der Waals surface area contributed by atoms with E-state index in [0.717, 1.165) is 0 Å². The molecule has 1 aromatic heterocycles. The fourth-order valence-corrected chi connectivity index (χ4v) is 1.96. The fraction of sp³-hybridized carbons (Fsp3) is 0.231. The molecule has 1 aromatic carbocycles. The zero-order valence-corrected chi connectivity index (χ0v) is 12.2. The molecule has 0 saturated heterocycles. The Morgan fingerprint density at radius 3 is 2.67 bits per heavy atom. The molecule has 21 heavy (non-hydrogen) atoms. The molecule has 0 spiro atoms. The molecule has 3 N–H and O–H groups in total. The number of ether oxygens (including phenoxy) is 2. The van der Waals surface area contributed by atoms with Crippen molar-refractivity contribution in [3.8, 4) is 11.8 Å². The molecule has 0 amide bonds. The predicted octanol–water partition coefficient (Wildman–Crippen LogP) is 1.84. The van der Waals surface area contributed by atoms with Crippen molar-refractivity contribution >= 4 is 11.6 Å². The summed E-state index contributed by atoms with van der Waals surface area (Å²) in [5.41, 5.74) is 3.50. The third-order valence-corrected chi connectivity index (χ3v) is 3.17. The van der Waals surface area contributed by atoms with Gasteiger partial charge in [0, 0.05) is 0 Å². The van der Waals surface area contributed by atoms with Gasteiger partial charge in [-0.3, -0.25) is 5.84 Å². The second-order valence-corrected chi connectivity index (χ2v) is 4.49. The summed E-state index contributed by atoms with van der Waals surface area (Å²) >= 11 is 5.68. The van der Waals surface area contributed by atoms with Crippen LogP contribution in [0.4, 0.5) is 4.39 Å². The maximum Gasteiger partial charge on any atom is 0.240 e. The Balaban J connectivity index is 2.47. The summed E-state index contributed by atoms with van der Waals surface area (Å²) < 4.78 is 23.8. The highest BCUT2D eigenvalue weighted by atomic mass is 35.5. The first kappa shape index (κ1) is 15.4. The van der Waals surface area contributed by atoms with E-state index < -0.39 is 11.9 Å². The Bertz CT molecular complexity index is 642. The van der Waals surface area contributed by atoms with E-state index >= 15 is 0 Å². The topological polar surface area (TPSA) is 82.3 Å². The van der Waals surface area contributed by atoms with E-state index in [1.807, 2.05) is 0 Å². The molecule has 0 aliphatic heterocycles. The molecule has 1 atom stereocenters. The highest BCUT2D eigenvalue weighted by Crippen LogP contribution is 2.29. The maximum atomic E-state index is 13.6. The van der Waals surface area contributed by atoms with Crippen molar-refractivity contribution in [2.24, 2.45) is 5.84 Å². The van der Waals surface area contributed by atoms with Gasteiger partial charge in [0.1, 0.15) is 11.5 Å². The number of nitrogens with zero attached hydrogens (tertiary/aromatic N) is 2. The van der Waals surface area contributed by atoms with Crippen molar-refractivity contribution in [3.63, 3.8) is 0 Å². The fourth-order valence-electron chi connectivity index (χ4n) is 1.84. The van der Waals surface area contributed by atoms with Crippen molar-refractivity contribution in [2.45, 2.75) is 6.04 Å². The molecular formula is C13H14ClFN4O2. The van der Waals surface area contributed by atoms with Crippen LogP contribution < -0.4 is 20.7 Å². The maximum absolute atomic E-state index is 13.6. The molecule has 8 heteroatoms. The van der Waals surface area contributed by atoms with Gasteiger partial charge < -0.3 is 9.47 Å². The molecule has 6 nitrogen and oxygen atoms in total. The molecule has 0 fully saturated rings. The molecule has 0 aliphatic carbocycles. The molecule has 0 saturated carbocycles. The van der Waals surface area contributed by atoms with Crippen LogP contribution in [0.15, 0.2) is 24.4 Å². The molecule has 2 aromatic rings. The summed E-state index contributed by atoms with van der Waals surface area (Å²) in [6, 6.07) is 3.75. The normalized spacial score (nSPS) is 12.0. The lowest BCUT2D eigenvalue weighted by Gasteiger charge is -2.18. The summed E-state index contributed by atoms with van der Waals surface area (Å²) in [5, 5.41) is 0.0299. The van der Waals surface area contributed by atoms with Crippen LogP contribution >= 0.6 is 11.6 Å². The number of hydrogen-bond acceptors (Lipinski definition) is 6. The second kappa shape index (κ2) is 6.66. The van der Waals surface area contributed by atoms with E-state index in [9.17, 15) is 4.39 Å². The zero-order chi connectivity index (χ0) is 15.4. The molecule has 112 valence electrons. The highest BCUT2D eigenvalue weighted by molar-refractivity contribution is 6.30. The van der Waals surface area contributed by atoms with Crippen LogP contribution in [0.3, 0.4) is 0 Å². The van der Waals surface area contributed by atoms with E-state index in [1.54, 1.807) is 6.07 Å². The van der Waals surface area contributed by atoms with Crippen LogP contribution in [0, 0.1) is 5.82 Å². The van der Waals surface area contributed by atoms with Gasteiger partial charge in [-0.2, -0.15) is 4.98 Å². The van der Waals surface area contributed by atoms with Gasteiger partial charge in [0.05, 0.1) is 31.5 Å². The standard InChI is InChI=1S/C13H14ClFN4O2/c1-20-10-6-17-12(13(18-10)21-2)11(19-16)7-3-4-8(14)9(15)5-7/h3-6,11,19H,16H2,1-2H3. The number of halogens is 2. The first-order valence-corrected chi connectivity index (χ1v) is 6.34. The van der Waals surface area contributed by atoms with Gasteiger partial charge in [0.2, 0.25) is 11.8 Å². The van der Waals surface area contributed by atoms with Crippen LogP contribution in [0.5, 0.6) is 11.8 Å². The third-order valence-electron chi connectivity index (χ3n) is 2.86. The first-order valence-electron chi connectivity index (χ1n) is 5.96. The SMILES string of the molecule is COc1cnc(C(NN)c2ccc(Cl)c(F)c2)c(OC)n1. The molecular weight excluding hydrogens is 299 g/mol. The van der Waals surface area contributed by atoms with Gasteiger partial charge in [-0.1, -0.05) is 17.7 Å². The number of hydrogen-bond donors (Lipinski definition) is 2. The monoisotopic (exact) mass is 312 g/mol. The summed E-state index contributed by atoms with van der Waals surface area (Å²) in [6.07, 6.45) is 1.43. The van der Waals surface area contributed by atoms with E-state index in [4.69, 9.17) is 26.9 Å². The van der Waals surface area contributed by atoms with E-state index in [-0.39, 0.29) is 10.9 Å². The van der Waals surface area contributed by atoms with Crippen LogP contribution in [0.25, 0.3) is 0 Å². The minimum Gasteiger partial charge on any atom is -0.480 e. The molecule has 0 radical (unpaired) electrons. The Hall–Kier alpha value is -1.96. The lowest BCUT2D eigenvalue weighted by atomic mass is 10.0. The van der Waals surface area contributed by atoms with Crippen molar-refractivity contribution in [3.05, 3.63) is 46.5 Å². The van der Waals surface area contributed by atoms with Crippen LogP contribution in [-0.2, 0) is 0 Å². The zero-order valence-electron chi connectivity index (χ0n) is 11.4. The molecule has 1 heterocycles. The van der Waals surface area contributed by atoms with Gasteiger partial charge in [0.15, 0.2) is 0 Å². The Morgan fingerprint density at radius 2 is 2.10 bits per heavy atom. The number of nitrogens with two attached hydrogens (primary N) is 1. The molecule has 0 bridgehead atoms. The van der Waals surface area contributed by atoms with Crippen molar-refractivity contribution in [1.29, 1.82) is 0 Å². The van der Waals surface area contributed by atoms with Crippen LogP contribution in [0.2, 0.25) is 5.02 Å². The number of nitrogens with one attached hydrogen (secondary N) is 1. The number of aromatic nitrogens is 2. The molecule has 0 aliphatic rings. The average Bonchev–Trinajstić information content (AvgIpc) is 2.51. The van der Waals surface area contributed by atoms with Gasteiger partial charge in [0.25, 0.3) is 0 Å². The molecule has 2 rings (SSSR count). The predicted molar refractivity (Wildman–Crippen MR) is 75.7 cm³/mol. The smallest absolute Gasteiger partial charge is 0.240 e. The summed E-state index contributed by atoms with van der Waals surface area (Å²) in [4.78, 5) is 8.33. The number of methoxy groups -OCH3 is 2. The largest absolute Gasteiger partial charge is 0.480 e. The Labute approximate surface area is 126 Å². The quantitative estimate of drug-likeness (QED) is 0.647. The van der Waals surface area contributed by atoms with Crippen molar-refractivity contribution in [2.75, 3.05) is 14.2 Å². The van der Waals surface area contributed by atoms with Gasteiger partial charge in [-0.15, -0.1) is 0 Å². The second-order valence-electron chi connectivity index (χ2n) is 4.08.